The maximum absolute atomic E-state index is 13.1. The van der Waals surface area contributed by atoms with E-state index in [1.54, 1.807) is 30.3 Å². The number of carbonyl (C=O) groups is 3. The Kier molecular flexibility index (Phi) is 6.07. The number of likely N-dealkylation sites (tertiary alicyclic amines) is 1. The fourth-order valence-corrected chi connectivity index (χ4v) is 4.27. The number of hydrogen-bond donors (Lipinski definition) is 1. The molecule has 0 aliphatic carbocycles. The number of benzene rings is 2. The minimum Gasteiger partial charge on any atom is -0.350 e. The molecule has 1 fully saturated rings. The van der Waals surface area contributed by atoms with Crippen molar-refractivity contribution < 1.29 is 14.4 Å². The minimum absolute atomic E-state index is 0.00830. The van der Waals surface area contributed by atoms with E-state index in [2.05, 4.69) is 12.2 Å². The Hall–Kier alpha value is -3.12. The zero-order valence-electron chi connectivity index (χ0n) is 18.4. The molecule has 0 bridgehead atoms. The van der Waals surface area contributed by atoms with Crippen LogP contribution in [0.1, 0.15) is 41.3 Å². The SMILES string of the molecule is Cc1ccc(C)c(N2C(=O)C(Cl)=C(Nc3cccc(C(=O)N4CCC(C)CC4)c3)C2=O)c1. The predicted molar refractivity (Wildman–Crippen MR) is 126 cm³/mol. The first kappa shape index (κ1) is 22.1. The second-order valence-electron chi connectivity index (χ2n) is 8.61. The van der Waals surface area contributed by atoms with Gasteiger partial charge in [-0.05, 0) is 68.0 Å². The average molecular weight is 452 g/mol. The van der Waals surface area contributed by atoms with E-state index in [9.17, 15) is 14.4 Å². The highest BCUT2D eigenvalue weighted by Crippen LogP contribution is 2.32. The van der Waals surface area contributed by atoms with Crippen LogP contribution in [0.4, 0.5) is 11.4 Å². The van der Waals surface area contributed by atoms with Crippen molar-refractivity contribution in [2.24, 2.45) is 5.92 Å². The van der Waals surface area contributed by atoms with Crippen LogP contribution in [-0.4, -0.2) is 35.7 Å². The van der Waals surface area contributed by atoms with Gasteiger partial charge in [-0.25, -0.2) is 4.90 Å². The van der Waals surface area contributed by atoms with Gasteiger partial charge < -0.3 is 10.2 Å². The molecule has 4 rings (SSSR count). The first-order valence-electron chi connectivity index (χ1n) is 10.8. The van der Waals surface area contributed by atoms with Crippen LogP contribution >= 0.6 is 11.6 Å². The lowest BCUT2D eigenvalue weighted by molar-refractivity contribution is -0.120. The van der Waals surface area contributed by atoms with Crippen molar-refractivity contribution in [2.45, 2.75) is 33.6 Å². The van der Waals surface area contributed by atoms with E-state index in [1.807, 2.05) is 30.9 Å². The fourth-order valence-electron chi connectivity index (χ4n) is 4.06. The smallest absolute Gasteiger partial charge is 0.283 e. The average Bonchev–Trinajstić information content (AvgIpc) is 2.99. The number of rotatable bonds is 4. The summed E-state index contributed by atoms with van der Waals surface area (Å²) in [7, 11) is 0. The second kappa shape index (κ2) is 8.79. The van der Waals surface area contributed by atoms with E-state index in [1.165, 1.54) is 0 Å². The van der Waals surface area contributed by atoms with Gasteiger partial charge in [0.05, 0.1) is 5.69 Å². The summed E-state index contributed by atoms with van der Waals surface area (Å²) >= 11 is 6.28. The summed E-state index contributed by atoms with van der Waals surface area (Å²) < 4.78 is 0. The molecular weight excluding hydrogens is 426 g/mol. The highest BCUT2D eigenvalue weighted by atomic mass is 35.5. The van der Waals surface area contributed by atoms with Crippen LogP contribution in [-0.2, 0) is 9.59 Å². The molecule has 166 valence electrons. The van der Waals surface area contributed by atoms with Crippen molar-refractivity contribution >= 4 is 40.7 Å². The van der Waals surface area contributed by atoms with Crippen LogP contribution in [0.2, 0.25) is 0 Å². The fraction of sp³-hybridized carbons (Fsp3) is 0.320. The lowest BCUT2D eigenvalue weighted by Gasteiger charge is -2.30. The predicted octanol–water partition coefficient (Wildman–Crippen LogP) is 4.61. The van der Waals surface area contributed by atoms with Crippen molar-refractivity contribution in [3.8, 4) is 0 Å². The number of aryl methyl sites for hydroxylation is 2. The molecule has 0 unspecified atom stereocenters. The van der Waals surface area contributed by atoms with Gasteiger partial charge in [-0.15, -0.1) is 0 Å². The molecule has 32 heavy (non-hydrogen) atoms. The van der Waals surface area contributed by atoms with Gasteiger partial charge in [-0.1, -0.05) is 36.7 Å². The van der Waals surface area contributed by atoms with Gasteiger partial charge in [0.2, 0.25) is 0 Å². The van der Waals surface area contributed by atoms with E-state index in [0.717, 1.165) is 42.0 Å². The molecule has 0 radical (unpaired) electrons. The highest BCUT2D eigenvalue weighted by molar-refractivity contribution is 6.53. The van der Waals surface area contributed by atoms with Gasteiger partial charge in [0.15, 0.2) is 0 Å². The molecule has 3 amide bonds. The van der Waals surface area contributed by atoms with Crippen molar-refractivity contribution in [1.82, 2.24) is 4.90 Å². The largest absolute Gasteiger partial charge is 0.350 e. The van der Waals surface area contributed by atoms with E-state index in [0.29, 0.717) is 22.9 Å². The summed E-state index contributed by atoms with van der Waals surface area (Å²) in [4.78, 5) is 41.8. The van der Waals surface area contributed by atoms with E-state index in [4.69, 9.17) is 11.6 Å². The van der Waals surface area contributed by atoms with Crippen molar-refractivity contribution in [3.63, 3.8) is 0 Å². The lowest BCUT2D eigenvalue weighted by atomic mass is 9.98. The van der Waals surface area contributed by atoms with Crippen molar-refractivity contribution in [1.29, 1.82) is 0 Å². The zero-order chi connectivity index (χ0) is 23.0. The quantitative estimate of drug-likeness (QED) is 0.689. The number of anilines is 2. The maximum atomic E-state index is 13.1. The number of nitrogens with one attached hydrogen (secondary N) is 1. The zero-order valence-corrected chi connectivity index (χ0v) is 19.2. The topological polar surface area (TPSA) is 69.7 Å². The van der Waals surface area contributed by atoms with Crippen LogP contribution in [0.25, 0.3) is 0 Å². The van der Waals surface area contributed by atoms with E-state index < -0.39 is 11.8 Å². The van der Waals surface area contributed by atoms with Gasteiger partial charge in [0, 0.05) is 24.3 Å². The molecule has 6 nitrogen and oxygen atoms in total. The number of hydrogen-bond acceptors (Lipinski definition) is 4. The first-order chi connectivity index (χ1) is 15.3. The number of amides is 3. The van der Waals surface area contributed by atoms with Crippen LogP contribution < -0.4 is 10.2 Å². The summed E-state index contributed by atoms with van der Waals surface area (Å²) in [5.41, 5.74) is 3.31. The van der Waals surface area contributed by atoms with Gasteiger partial charge in [0.25, 0.3) is 17.7 Å². The van der Waals surface area contributed by atoms with Gasteiger partial charge in [-0.2, -0.15) is 0 Å². The normalized spacial score (nSPS) is 17.4. The Morgan fingerprint density at radius 1 is 1.03 bits per heavy atom. The molecule has 0 spiro atoms. The number of carbonyl (C=O) groups excluding carboxylic acids is 3. The molecule has 2 heterocycles. The molecule has 7 heteroatoms. The summed E-state index contributed by atoms with van der Waals surface area (Å²) in [6, 6.07) is 12.5. The standard InChI is InChI=1S/C25H26ClN3O3/c1-15-9-11-28(12-10-15)23(30)18-5-4-6-19(14-18)27-22-21(26)24(31)29(25(22)32)20-13-16(2)7-8-17(20)3/h4-8,13-15,27H,9-12H2,1-3H3. The Labute approximate surface area is 192 Å². The van der Waals surface area contributed by atoms with E-state index in [-0.39, 0.29) is 16.6 Å². The van der Waals surface area contributed by atoms with Crippen LogP contribution in [0, 0.1) is 19.8 Å². The molecule has 0 saturated carbocycles. The molecule has 0 atom stereocenters. The minimum atomic E-state index is -0.567. The molecule has 2 aliphatic rings. The monoisotopic (exact) mass is 451 g/mol. The molecule has 0 aromatic heterocycles. The van der Waals surface area contributed by atoms with Crippen LogP contribution in [0.3, 0.4) is 0 Å². The van der Waals surface area contributed by atoms with Gasteiger partial charge in [-0.3, -0.25) is 14.4 Å². The van der Waals surface area contributed by atoms with Crippen molar-refractivity contribution in [3.05, 3.63) is 69.9 Å². The van der Waals surface area contributed by atoms with Gasteiger partial charge in [0.1, 0.15) is 10.7 Å². The molecular formula is C25H26ClN3O3. The molecule has 1 N–H and O–H groups in total. The van der Waals surface area contributed by atoms with Gasteiger partial charge >= 0.3 is 0 Å². The molecule has 2 aliphatic heterocycles. The molecule has 1 saturated heterocycles. The Bertz CT molecular complexity index is 1130. The second-order valence-corrected chi connectivity index (χ2v) is 8.98. The van der Waals surface area contributed by atoms with Crippen LogP contribution in [0.15, 0.2) is 53.2 Å². The Balaban J connectivity index is 1.56. The maximum Gasteiger partial charge on any atom is 0.283 e. The third-order valence-electron chi connectivity index (χ3n) is 6.08. The Morgan fingerprint density at radius 2 is 1.75 bits per heavy atom. The first-order valence-corrected chi connectivity index (χ1v) is 11.2. The number of nitrogens with zero attached hydrogens (tertiary/aromatic N) is 2. The number of imide groups is 1. The highest BCUT2D eigenvalue weighted by Gasteiger charge is 2.39. The number of piperidine rings is 1. The molecule has 2 aromatic carbocycles. The third kappa shape index (κ3) is 4.15. The third-order valence-corrected chi connectivity index (χ3v) is 6.43. The summed E-state index contributed by atoms with van der Waals surface area (Å²) in [6.07, 6.45) is 1.99. The summed E-state index contributed by atoms with van der Waals surface area (Å²) in [5, 5.41) is 2.81. The summed E-state index contributed by atoms with van der Waals surface area (Å²) in [6.45, 7) is 7.42. The Morgan fingerprint density at radius 3 is 2.47 bits per heavy atom. The van der Waals surface area contributed by atoms with Crippen LogP contribution in [0.5, 0.6) is 0 Å². The van der Waals surface area contributed by atoms with Crippen molar-refractivity contribution in [2.75, 3.05) is 23.3 Å². The summed E-state index contributed by atoms with van der Waals surface area (Å²) in [5.74, 6) is -0.489. The number of halogens is 1. The lowest BCUT2D eigenvalue weighted by Crippen LogP contribution is -2.37. The molecule has 2 aromatic rings. The van der Waals surface area contributed by atoms with E-state index >= 15 is 0 Å².